The molecule has 0 unspecified atom stereocenters. The van der Waals surface area contributed by atoms with Crippen LogP contribution in [0.1, 0.15) is 36.2 Å². The summed E-state index contributed by atoms with van der Waals surface area (Å²) in [7, 11) is 2.13. The Hall–Kier alpha value is -5.81. The monoisotopic (exact) mass is 744 g/mol. The van der Waals surface area contributed by atoms with Crippen molar-refractivity contribution in [1.29, 1.82) is 0 Å². The largest absolute Gasteiger partial charge is 0.508 e. The predicted octanol–water partition coefficient (Wildman–Crippen LogP) is 4.13. The molecule has 1 aliphatic heterocycles. The molecule has 0 aliphatic carbocycles. The van der Waals surface area contributed by atoms with Gasteiger partial charge < -0.3 is 21.1 Å². The van der Waals surface area contributed by atoms with E-state index in [0.29, 0.717) is 75.4 Å². The average molecular weight is 745 g/mol. The number of carbonyl (C=O) groups is 1. The van der Waals surface area contributed by atoms with Crippen LogP contribution >= 0.6 is 11.6 Å². The van der Waals surface area contributed by atoms with Gasteiger partial charge in [0.05, 0.1) is 22.8 Å². The van der Waals surface area contributed by atoms with Gasteiger partial charge >= 0.3 is 0 Å². The number of benzene rings is 3. The number of likely N-dealkylation sites (N-methyl/N-ethyl adjacent to an activating group) is 1. The highest BCUT2D eigenvalue weighted by Crippen LogP contribution is 2.31. The van der Waals surface area contributed by atoms with E-state index in [1.165, 1.54) is 6.33 Å². The summed E-state index contributed by atoms with van der Waals surface area (Å²) in [5.74, 6) is 7.17. The molecule has 14 heteroatoms. The summed E-state index contributed by atoms with van der Waals surface area (Å²) in [5.41, 5.74) is 9.57. The van der Waals surface area contributed by atoms with E-state index in [1.54, 1.807) is 45.6 Å². The molecule has 0 radical (unpaired) electrons. The summed E-state index contributed by atoms with van der Waals surface area (Å²) in [4.78, 5) is 45.4. The third-order valence-electron chi connectivity index (χ3n) is 9.61. The standard InChI is InChI=1S/C40H41ClN10O3/c1-48-20-22-49(23-21-48)19-18-43-34(53)13-4-2-3-8-27-10-7-12-32-35(27)40(54)50(24-29-9-5-6-11-31(29)41)33(46-32)25-51-39-36(38(42)44-26-45-39)37(47-51)28-14-16-30(52)17-15-28/h5-7,9-12,14-17,26,52H,2,4,13,18-25H2,1H3,(H,43,53)(H2,42,44,45). The summed E-state index contributed by atoms with van der Waals surface area (Å²) in [6, 6.07) is 19.4. The molecular formula is C40H41ClN10O3. The van der Waals surface area contributed by atoms with Crippen molar-refractivity contribution in [2.45, 2.75) is 32.4 Å². The number of nitrogen functional groups attached to an aromatic ring is 1. The van der Waals surface area contributed by atoms with Gasteiger partial charge in [-0.25, -0.2) is 19.6 Å². The normalized spacial score (nSPS) is 13.6. The van der Waals surface area contributed by atoms with Crippen LogP contribution in [0.3, 0.4) is 0 Å². The van der Waals surface area contributed by atoms with E-state index in [2.05, 4.69) is 44.0 Å². The van der Waals surface area contributed by atoms with Crippen molar-refractivity contribution in [3.63, 3.8) is 0 Å². The van der Waals surface area contributed by atoms with Crippen LogP contribution in [0, 0.1) is 11.8 Å². The second-order valence-electron chi connectivity index (χ2n) is 13.4. The van der Waals surface area contributed by atoms with E-state index < -0.39 is 0 Å². The van der Waals surface area contributed by atoms with Gasteiger partial charge in [-0.05, 0) is 61.5 Å². The van der Waals surface area contributed by atoms with Gasteiger partial charge in [0.2, 0.25) is 5.91 Å². The van der Waals surface area contributed by atoms with Crippen LogP contribution in [0.15, 0.2) is 77.9 Å². The highest BCUT2D eigenvalue weighted by molar-refractivity contribution is 6.31. The third kappa shape index (κ3) is 8.21. The molecule has 276 valence electrons. The molecule has 54 heavy (non-hydrogen) atoms. The molecule has 3 aromatic heterocycles. The number of hydrogen-bond acceptors (Lipinski definition) is 10. The van der Waals surface area contributed by atoms with Gasteiger partial charge in [-0.1, -0.05) is 47.7 Å². The zero-order chi connectivity index (χ0) is 37.6. The number of hydrogen-bond donors (Lipinski definition) is 3. The van der Waals surface area contributed by atoms with Crippen LogP contribution in [-0.4, -0.2) is 96.4 Å². The molecule has 7 rings (SSSR count). The SMILES string of the molecule is CN1CCN(CCNC(=O)CCCC#Cc2cccc3nc(Cn4nc(-c5ccc(O)cc5)c5c(N)ncnc54)n(Cc4ccccc4Cl)c(=O)c23)CC1. The van der Waals surface area contributed by atoms with Crippen molar-refractivity contribution in [2.24, 2.45) is 0 Å². The van der Waals surface area contributed by atoms with Crippen molar-refractivity contribution in [3.05, 3.63) is 105 Å². The van der Waals surface area contributed by atoms with Crippen LogP contribution in [0.4, 0.5) is 5.82 Å². The maximum Gasteiger partial charge on any atom is 0.263 e. The number of anilines is 1. The first kappa shape index (κ1) is 36.5. The fourth-order valence-corrected chi connectivity index (χ4v) is 6.79. The zero-order valence-corrected chi connectivity index (χ0v) is 30.8. The second-order valence-corrected chi connectivity index (χ2v) is 13.8. The number of nitrogens with one attached hydrogen (secondary N) is 1. The Morgan fingerprint density at radius 1 is 0.981 bits per heavy atom. The first-order valence-corrected chi connectivity index (χ1v) is 18.3. The Morgan fingerprint density at radius 2 is 1.78 bits per heavy atom. The molecule has 13 nitrogen and oxygen atoms in total. The lowest BCUT2D eigenvalue weighted by molar-refractivity contribution is -0.121. The zero-order valence-electron chi connectivity index (χ0n) is 30.0. The molecule has 0 atom stereocenters. The van der Waals surface area contributed by atoms with Crippen LogP contribution in [-0.2, 0) is 17.9 Å². The highest BCUT2D eigenvalue weighted by Gasteiger charge is 2.21. The number of piperazine rings is 1. The maximum atomic E-state index is 14.5. The summed E-state index contributed by atoms with van der Waals surface area (Å²) in [6.45, 7) is 5.87. The lowest BCUT2D eigenvalue weighted by Gasteiger charge is -2.32. The van der Waals surface area contributed by atoms with Gasteiger partial charge in [0.1, 0.15) is 36.0 Å². The molecule has 1 saturated heterocycles. The third-order valence-corrected chi connectivity index (χ3v) is 9.98. The van der Waals surface area contributed by atoms with E-state index >= 15 is 0 Å². The van der Waals surface area contributed by atoms with E-state index in [4.69, 9.17) is 27.4 Å². The van der Waals surface area contributed by atoms with Crippen molar-refractivity contribution >= 4 is 45.3 Å². The van der Waals surface area contributed by atoms with Crippen LogP contribution in [0.5, 0.6) is 5.75 Å². The first-order chi connectivity index (χ1) is 26.2. The fraction of sp³-hybridized carbons (Fsp3) is 0.300. The van der Waals surface area contributed by atoms with Gasteiger partial charge in [-0.3, -0.25) is 19.1 Å². The maximum absolute atomic E-state index is 14.5. The summed E-state index contributed by atoms with van der Waals surface area (Å²) in [5, 5.41) is 19.2. The Morgan fingerprint density at radius 3 is 2.57 bits per heavy atom. The van der Waals surface area contributed by atoms with Gasteiger partial charge in [-0.2, -0.15) is 5.10 Å². The number of nitrogens with zero attached hydrogens (tertiary/aromatic N) is 8. The molecule has 6 aromatic rings. The molecular weight excluding hydrogens is 704 g/mol. The van der Waals surface area contributed by atoms with Gasteiger partial charge in [0, 0.05) is 68.3 Å². The Labute approximate surface area is 317 Å². The first-order valence-electron chi connectivity index (χ1n) is 17.9. The van der Waals surface area contributed by atoms with Crippen LogP contribution in [0.2, 0.25) is 5.02 Å². The molecule has 1 amide bonds. The summed E-state index contributed by atoms with van der Waals surface area (Å²) >= 11 is 6.60. The number of rotatable bonds is 11. The average Bonchev–Trinajstić information content (AvgIpc) is 3.54. The number of fused-ring (bicyclic) bond motifs is 2. The summed E-state index contributed by atoms with van der Waals surface area (Å²) in [6.07, 6.45) is 2.86. The van der Waals surface area contributed by atoms with E-state index in [9.17, 15) is 14.7 Å². The highest BCUT2D eigenvalue weighted by atomic mass is 35.5. The van der Waals surface area contributed by atoms with Gasteiger partial charge in [0.25, 0.3) is 5.56 Å². The molecule has 0 saturated carbocycles. The lowest BCUT2D eigenvalue weighted by Crippen LogP contribution is -2.46. The molecule has 1 aliphatic rings. The van der Waals surface area contributed by atoms with Crippen molar-refractivity contribution < 1.29 is 9.90 Å². The Bertz CT molecular complexity index is 2430. The van der Waals surface area contributed by atoms with Crippen molar-refractivity contribution in [2.75, 3.05) is 52.0 Å². The van der Waals surface area contributed by atoms with Gasteiger partial charge in [-0.15, -0.1) is 0 Å². The summed E-state index contributed by atoms with van der Waals surface area (Å²) < 4.78 is 3.25. The van der Waals surface area contributed by atoms with E-state index in [0.717, 1.165) is 38.3 Å². The van der Waals surface area contributed by atoms with Gasteiger partial charge in [0.15, 0.2) is 5.65 Å². The number of amides is 1. The minimum atomic E-state index is -0.274. The molecule has 3 aromatic carbocycles. The number of phenolic OH excluding ortho intramolecular Hbond substituents is 1. The number of aromatic nitrogens is 6. The van der Waals surface area contributed by atoms with Crippen molar-refractivity contribution in [3.8, 4) is 28.8 Å². The van der Waals surface area contributed by atoms with E-state index in [1.807, 2.05) is 30.3 Å². The van der Waals surface area contributed by atoms with Crippen LogP contribution in [0.25, 0.3) is 33.2 Å². The second kappa shape index (κ2) is 16.5. The number of carbonyl (C=O) groups excluding carboxylic acids is 1. The molecule has 1 fully saturated rings. The van der Waals surface area contributed by atoms with E-state index in [-0.39, 0.29) is 36.1 Å². The quantitative estimate of drug-likeness (QED) is 0.130. The molecule has 0 spiro atoms. The fourth-order valence-electron chi connectivity index (χ4n) is 6.60. The topological polar surface area (TPSA) is 160 Å². The lowest BCUT2D eigenvalue weighted by atomic mass is 10.1. The number of halogens is 1. The number of phenols is 1. The van der Waals surface area contributed by atoms with Crippen LogP contribution < -0.4 is 16.6 Å². The number of unbranched alkanes of at least 4 members (excludes halogenated alkanes) is 1. The molecule has 0 bridgehead atoms. The minimum absolute atomic E-state index is 0.0181. The molecule has 4 heterocycles. The number of aromatic hydroxyl groups is 1. The Balaban J connectivity index is 1.15. The smallest absolute Gasteiger partial charge is 0.263 e. The number of nitrogens with two attached hydrogens (primary N) is 1. The Kier molecular flexibility index (Phi) is 11.1. The van der Waals surface area contributed by atoms with Crippen molar-refractivity contribution in [1.82, 2.24) is 44.4 Å². The molecule has 4 N–H and O–H groups in total. The minimum Gasteiger partial charge on any atom is -0.508 e. The predicted molar refractivity (Wildman–Crippen MR) is 210 cm³/mol.